The Bertz CT molecular complexity index is 1750. The van der Waals surface area contributed by atoms with Crippen molar-refractivity contribution in [2.45, 2.75) is 63.3 Å². The zero-order chi connectivity index (χ0) is 30.8. The lowest BCUT2D eigenvalue weighted by Crippen LogP contribution is -2.33. The summed E-state index contributed by atoms with van der Waals surface area (Å²) in [4.78, 5) is 4.79. The van der Waals surface area contributed by atoms with E-state index in [9.17, 15) is 8.42 Å². The largest absolute Gasteiger partial charge is 0.335 e. The highest BCUT2D eigenvalue weighted by molar-refractivity contribution is 8.03. The first-order valence-electron chi connectivity index (χ1n) is 14.8. The van der Waals surface area contributed by atoms with Crippen LogP contribution >= 0.6 is 34.9 Å². The first-order valence-corrected chi connectivity index (χ1v) is 19.5. The Kier molecular flexibility index (Phi) is 9.98. The third-order valence-electron chi connectivity index (χ3n) is 7.95. The van der Waals surface area contributed by atoms with Crippen LogP contribution in [0.15, 0.2) is 92.2 Å². The Balaban J connectivity index is 1.43. The van der Waals surface area contributed by atoms with E-state index in [0.717, 1.165) is 32.4 Å². The zero-order valence-corrected chi connectivity index (χ0v) is 29.2. The molecule has 2 aromatic carbocycles. The van der Waals surface area contributed by atoms with E-state index in [4.69, 9.17) is 0 Å². The average molecular weight is 653 g/mol. The minimum absolute atomic E-state index is 0.178. The normalized spacial score (nSPS) is 19.0. The van der Waals surface area contributed by atoms with Crippen LogP contribution in [0.1, 0.15) is 52.0 Å². The Morgan fingerprint density at radius 3 is 2.70 bits per heavy atom. The lowest BCUT2D eigenvalue weighted by atomic mass is 9.72. The van der Waals surface area contributed by atoms with Gasteiger partial charge < -0.3 is 4.90 Å². The number of allylic oxidation sites excluding steroid dienone is 6. The number of benzene rings is 2. The first kappa shape index (κ1) is 32.1. The fourth-order valence-corrected chi connectivity index (χ4v) is 9.07. The van der Waals surface area contributed by atoms with Crippen molar-refractivity contribution in [2.24, 2.45) is 5.41 Å². The molecule has 1 aliphatic heterocycles. The number of rotatable bonds is 10. The minimum Gasteiger partial charge on any atom is -0.335 e. The molecule has 1 aromatic heterocycles. The summed E-state index contributed by atoms with van der Waals surface area (Å²) < 4.78 is 29.5. The van der Waals surface area contributed by atoms with Crippen molar-refractivity contribution >= 4 is 66.9 Å². The third-order valence-corrected chi connectivity index (χ3v) is 11.6. The molecular formula is C34H42N3O2S4+. The van der Waals surface area contributed by atoms with Crippen molar-refractivity contribution in [3.8, 4) is 0 Å². The highest BCUT2D eigenvalue weighted by atomic mass is 32.2. The lowest BCUT2D eigenvalue weighted by Gasteiger charge is -2.33. The van der Waals surface area contributed by atoms with Gasteiger partial charge in [0.05, 0.1) is 17.0 Å². The number of nitrogens with zero attached hydrogens (tertiary/aromatic N) is 2. The molecule has 43 heavy (non-hydrogen) atoms. The van der Waals surface area contributed by atoms with Gasteiger partial charge in [-0.15, -0.1) is 11.8 Å². The molecular weight excluding hydrogens is 611 g/mol. The van der Waals surface area contributed by atoms with Gasteiger partial charge in [-0.2, -0.15) is 4.57 Å². The summed E-state index contributed by atoms with van der Waals surface area (Å²) in [5.74, 6) is 0. The molecule has 0 spiro atoms. The topological polar surface area (TPSA) is 53.3 Å². The number of anilines is 1. The van der Waals surface area contributed by atoms with Crippen LogP contribution in [0.4, 0.5) is 5.69 Å². The highest BCUT2D eigenvalue weighted by Gasteiger charge is 2.29. The van der Waals surface area contributed by atoms with Crippen molar-refractivity contribution in [2.75, 3.05) is 30.5 Å². The summed E-state index contributed by atoms with van der Waals surface area (Å²) in [5.41, 5.74) is 6.87. The molecule has 5 nitrogen and oxygen atoms in total. The number of thiazole rings is 1. The van der Waals surface area contributed by atoms with Crippen LogP contribution in [0.2, 0.25) is 0 Å². The maximum atomic E-state index is 11.6. The molecule has 0 atom stereocenters. The third kappa shape index (κ3) is 7.68. The van der Waals surface area contributed by atoms with Gasteiger partial charge in [0.15, 0.2) is 0 Å². The van der Waals surface area contributed by atoms with Gasteiger partial charge in [-0.1, -0.05) is 61.2 Å². The Morgan fingerprint density at radius 1 is 1.16 bits per heavy atom. The van der Waals surface area contributed by atoms with Gasteiger partial charge in [-0.25, -0.2) is 13.1 Å². The van der Waals surface area contributed by atoms with Gasteiger partial charge >= 0.3 is 0 Å². The van der Waals surface area contributed by atoms with Gasteiger partial charge in [0.25, 0.3) is 5.01 Å². The number of nitrogens with one attached hydrogen (secondary N) is 1. The molecule has 0 unspecified atom stereocenters. The van der Waals surface area contributed by atoms with Gasteiger partial charge in [0.2, 0.25) is 15.5 Å². The molecule has 0 fully saturated rings. The number of hydrogen-bond acceptors (Lipinski definition) is 6. The second-order valence-electron chi connectivity index (χ2n) is 12.0. The van der Waals surface area contributed by atoms with Gasteiger partial charge in [-0.05, 0) is 91.8 Å². The number of thioether (sulfide) groups is 2. The molecule has 9 heteroatoms. The van der Waals surface area contributed by atoms with E-state index in [1.807, 2.05) is 11.3 Å². The maximum absolute atomic E-state index is 11.6. The molecule has 0 saturated heterocycles. The number of aromatic nitrogens is 1. The summed E-state index contributed by atoms with van der Waals surface area (Å²) in [6.07, 6.45) is 15.3. The molecule has 2 heterocycles. The second kappa shape index (κ2) is 13.4. The van der Waals surface area contributed by atoms with Crippen molar-refractivity contribution in [1.29, 1.82) is 0 Å². The van der Waals surface area contributed by atoms with Crippen molar-refractivity contribution in [3.05, 3.63) is 87.4 Å². The summed E-state index contributed by atoms with van der Waals surface area (Å²) in [5, 5.41) is 2.48. The van der Waals surface area contributed by atoms with E-state index in [1.165, 1.54) is 58.7 Å². The molecule has 0 bridgehead atoms. The quantitative estimate of drug-likeness (QED) is 0.135. The SMILES string of the molecule is CC[n+]1c(/C=C2\CC(C)(C)CC(/C=C/C=C3\Sc4ccc(SC)cc4N3CCCNS(C)(=O)=O)=C2C)sc2ccccc21. The minimum atomic E-state index is -3.19. The Labute approximate surface area is 269 Å². The number of para-hydroxylation sites is 1. The molecule has 1 aliphatic carbocycles. The predicted octanol–water partition coefficient (Wildman–Crippen LogP) is 8.40. The van der Waals surface area contributed by atoms with Crippen LogP contribution in [0, 0.1) is 5.41 Å². The van der Waals surface area contributed by atoms with Crippen molar-refractivity contribution in [3.63, 3.8) is 0 Å². The number of aryl methyl sites for hydroxylation is 1. The monoisotopic (exact) mass is 652 g/mol. The molecule has 5 rings (SSSR count). The van der Waals surface area contributed by atoms with Gasteiger partial charge in [0.1, 0.15) is 11.2 Å². The Hall–Kier alpha value is -2.30. The summed E-state index contributed by atoms with van der Waals surface area (Å²) >= 11 is 5.39. The van der Waals surface area contributed by atoms with Crippen molar-refractivity contribution in [1.82, 2.24) is 4.72 Å². The van der Waals surface area contributed by atoms with E-state index in [0.29, 0.717) is 6.54 Å². The van der Waals surface area contributed by atoms with Crippen molar-refractivity contribution < 1.29 is 13.0 Å². The maximum Gasteiger partial charge on any atom is 0.263 e. The number of fused-ring (bicyclic) bond motifs is 2. The van der Waals surface area contributed by atoms with E-state index in [1.54, 1.807) is 23.5 Å². The van der Waals surface area contributed by atoms with E-state index < -0.39 is 10.0 Å². The molecule has 228 valence electrons. The fraction of sp³-hybridized carbons (Fsp3) is 0.382. The standard InChI is InChI=1S/C34H42N3O2S4/c1-7-36-28-13-8-9-14-30(28)42-33(36)20-26-23-34(3,4)22-25(24(26)2)12-10-15-32-37(19-11-18-35-43(6,38)39)29-21-27(40-5)16-17-31(29)41-32/h8-10,12-17,20-21,35H,7,11,18-19,22-23H2,1-6H3/q+1. The number of hydrogen-bond donors (Lipinski definition) is 1. The van der Waals surface area contributed by atoms with Crippen LogP contribution in [0.5, 0.6) is 0 Å². The first-order chi connectivity index (χ1) is 20.5. The lowest BCUT2D eigenvalue weighted by molar-refractivity contribution is -0.665. The van der Waals surface area contributed by atoms with Gasteiger partial charge in [0, 0.05) is 35.0 Å². The summed E-state index contributed by atoms with van der Waals surface area (Å²) in [6.45, 7) is 11.4. The molecule has 3 aromatic rings. The predicted molar refractivity (Wildman–Crippen MR) is 187 cm³/mol. The summed E-state index contributed by atoms with van der Waals surface area (Å²) in [7, 11) is -3.19. The van der Waals surface area contributed by atoms with Crippen LogP contribution in [-0.2, 0) is 16.6 Å². The fourth-order valence-electron chi connectivity index (χ4n) is 5.85. The Morgan fingerprint density at radius 2 is 1.95 bits per heavy atom. The number of sulfonamides is 1. The smallest absolute Gasteiger partial charge is 0.263 e. The molecule has 0 radical (unpaired) electrons. The van der Waals surface area contributed by atoms with E-state index in [-0.39, 0.29) is 5.41 Å². The van der Waals surface area contributed by atoms with Gasteiger partial charge in [-0.3, -0.25) is 0 Å². The highest BCUT2D eigenvalue weighted by Crippen LogP contribution is 2.47. The van der Waals surface area contributed by atoms with Crippen LogP contribution < -0.4 is 14.2 Å². The molecule has 1 N–H and O–H groups in total. The molecule has 2 aliphatic rings. The van der Waals surface area contributed by atoms with Crippen LogP contribution in [-0.4, -0.2) is 34.0 Å². The van der Waals surface area contributed by atoms with E-state index >= 15 is 0 Å². The van der Waals surface area contributed by atoms with Crippen LogP contribution in [0.3, 0.4) is 0 Å². The summed E-state index contributed by atoms with van der Waals surface area (Å²) in [6, 6.07) is 15.3. The average Bonchev–Trinajstić information content (AvgIpc) is 3.49. The molecule has 0 amide bonds. The molecule has 0 saturated carbocycles. The van der Waals surface area contributed by atoms with Crippen LogP contribution in [0.25, 0.3) is 16.3 Å². The zero-order valence-electron chi connectivity index (χ0n) is 25.9. The second-order valence-corrected chi connectivity index (χ2v) is 16.8. The van der Waals surface area contributed by atoms with E-state index in [2.05, 4.69) is 115 Å².